The summed E-state index contributed by atoms with van der Waals surface area (Å²) in [5, 5.41) is 3.21. The summed E-state index contributed by atoms with van der Waals surface area (Å²) in [7, 11) is -3.88. The number of para-hydroxylation sites is 1. The first-order chi connectivity index (χ1) is 20.4. The Balaban J connectivity index is 1.64. The Labute approximate surface area is 248 Å². The molecule has 0 amide bonds. The van der Waals surface area contributed by atoms with Crippen molar-refractivity contribution in [3.05, 3.63) is 95.2 Å². The fraction of sp³-hybridized carbons (Fsp3) is 0.233. The first kappa shape index (κ1) is 29.7. The van der Waals surface area contributed by atoms with Gasteiger partial charge in [-0.25, -0.2) is 27.5 Å². The number of nitrogen functional groups attached to an aromatic ring is 1. The van der Waals surface area contributed by atoms with Gasteiger partial charge >= 0.3 is 0 Å². The van der Waals surface area contributed by atoms with Crippen molar-refractivity contribution >= 4 is 32.7 Å². The molecule has 3 aromatic heterocycles. The first-order valence-electron chi connectivity index (χ1n) is 13.5. The van der Waals surface area contributed by atoms with Crippen molar-refractivity contribution in [2.75, 3.05) is 11.1 Å². The lowest BCUT2D eigenvalue weighted by Crippen LogP contribution is -2.40. The smallest absolute Gasteiger partial charge is 0.269 e. The molecule has 222 valence electrons. The lowest BCUT2D eigenvalue weighted by Gasteiger charge is -2.23. The summed E-state index contributed by atoms with van der Waals surface area (Å²) < 4.78 is 44.9. The van der Waals surface area contributed by atoms with Crippen LogP contribution in [0.3, 0.4) is 0 Å². The van der Waals surface area contributed by atoms with Crippen LogP contribution in [0.5, 0.6) is 0 Å². The highest BCUT2D eigenvalue weighted by molar-refractivity contribution is 7.89. The van der Waals surface area contributed by atoms with Crippen LogP contribution < -0.4 is 21.3 Å². The van der Waals surface area contributed by atoms with Crippen LogP contribution in [0.4, 0.5) is 16.2 Å². The van der Waals surface area contributed by atoms with Gasteiger partial charge in [-0.2, -0.15) is 4.98 Å². The van der Waals surface area contributed by atoms with Crippen molar-refractivity contribution in [1.82, 2.24) is 29.2 Å². The SMILES string of the molecule is CCC(Nc1nc(N)ncc1-c1cncc(S(=O)(=O)NC(C)(C)C)c1)c1nc2cccc(F)c2c(=O)n1-c1ccccc1. The molecule has 0 saturated heterocycles. The van der Waals surface area contributed by atoms with Gasteiger partial charge in [-0.05, 0) is 57.5 Å². The van der Waals surface area contributed by atoms with E-state index < -0.39 is 33.0 Å². The van der Waals surface area contributed by atoms with Crippen molar-refractivity contribution in [3.63, 3.8) is 0 Å². The number of benzene rings is 2. The van der Waals surface area contributed by atoms with E-state index in [1.807, 2.05) is 13.0 Å². The average Bonchev–Trinajstić information content (AvgIpc) is 2.95. The predicted octanol–water partition coefficient (Wildman–Crippen LogP) is 4.60. The van der Waals surface area contributed by atoms with Gasteiger partial charge in [-0.1, -0.05) is 31.2 Å². The molecule has 5 rings (SSSR count). The number of hydrogen-bond donors (Lipinski definition) is 3. The summed E-state index contributed by atoms with van der Waals surface area (Å²) in [5.74, 6) is -0.0981. The number of anilines is 2. The van der Waals surface area contributed by atoms with Crippen LogP contribution in [0.2, 0.25) is 0 Å². The molecule has 2 aromatic carbocycles. The predicted molar refractivity (Wildman–Crippen MR) is 164 cm³/mol. The van der Waals surface area contributed by atoms with Gasteiger partial charge in [-0.15, -0.1) is 0 Å². The fourth-order valence-electron chi connectivity index (χ4n) is 4.67. The highest BCUT2D eigenvalue weighted by atomic mass is 32.2. The van der Waals surface area contributed by atoms with E-state index in [9.17, 15) is 17.6 Å². The van der Waals surface area contributed by atoms with Crippen molar-refractivity contribution < 1.29 is 12.8 Å². The molecule has 0 radical (unpaired) electrons. The number of pyridine rings is 1. The second-order valence-corrected chi connectivity index (χ2v) is 12.6. The molecular weight excluding hydrogens is 571 g/mol. The zero-order chi connectivity index (χ0) is 30.9. The summed E-state index contributed by atoms with van der Waals surface area (Å²) in [5.41, 5.74) is 6.28. The Kier molecular flexibility index (Phi) is 7.95. The minimum Gasteiger partial charge on any atom is -0.368 e. The van der Waals surface area contributed by atoms with Crippen LogP contribution >= 0.6 is 0 Å². The summed E-state index contributed by atoms with van der Waals surface area (Å²) in [6.45, 7) is 7.12. The standard InChI is InChI=1S/C30H31FN8O3S/c1-5-23(27-36-24-13-9-12-22(31)25(24)28(40)39(27)19-10-7-6-8-11-19)35-26-21(17-34-29(32)37-26)18-14-20(16-33-15-18)43(41,42)38-30(2,3)4/h6-17,23,38H,5H2,1-4H3,(H3,32,34,35,37). The topological polar surface area (TPSA) is 158 Å². The van der Waals surface area contributed by atoms with E-state index >= 15 is 0 Å². The Morgan fingerprint density at radius 3 is 2.47 bits per heavy atom. The molecule has 0 spiro atoms. The molecule has 5 aromatic rings. The monoisotopic (exact) mass is 602 g/mol. The fourth-order valence-corrected chi connectivity index (χ4v) is 6.08. The van der Waals surface area contributed by atoms with E-state index in [2.05, 4.69) is 25.0 Å². The molecule has 0 fully saturated rings. The summed E-state index contributed by atoms with van der Waals surface area (Å²) in [6.07, 6.45) is 4.66. The Morgan fingerprint density at radius 1 is 1.02 bits per heavy atom. The Hall–Kier alpha value is -4.75. The molecule has 1 atom stereocenters. The minimum absolute atomic E-state index is 0.0266. The van der Waals surface area contributed by atoms with E-state index in [-0.39, 0.29) is 27.6 Å². The lowest BCUT2D eigenvalue weighted by molar-refractivity contribution is 0.491. The van der Waals surface area contributed by atoms with Gasteiger partial charge in [0.2, 0.25) is 16.0 Å². The first-order valence-corrected chi connectivity index (χ1v) is 15.0. The van der Waals surface area contributed by atoms with Crippen LogP contribution in [0.1, 0.15) is 46.0 Å². The van der Waals surface area contributed by atoms with Crippen LogP contribution in [-0.4, -0.2) is 38.5 Å². The largest absolute Gasteiger partial charge is 0.368 e. The summed E-state index contributed by atoms with van der Waals surface area (Å²) in [6, 6.07) is 14.0. The van der Waals surface area contributed by atoms with Crippen LogP contribution in [0.25, 0.3) is 27.7 Å². The number of nitrogens with zero attached hydrogens (tertiary/aromatic N) is 5. The van der Waals surface area contributed by atoms with Gasteiger partial charge in [-0.3, -0.25) is 14.3 Å². The van der Waals surface area contributed by atoms with Gasteiger partial charge in [0.05, 0.1) is 17.2 Å². The number of nitrogens with one attached hydrogen (secondary N) is 2. The van der Waals surface area contributed by atoms with Crippen molar-refractivity contribution in [2.45, 2.75) is 50.6 Å². The van der Waals surface area contributed by atoms with Crippen molar-refractivity contribution in [2.24, 2.45) is 0 Å². The highest BCUT2D eigenvalue weighted by Gasteiger charge is 2.25. The third-order valence-corrected chi connectivity index (χ3v) is 8.23. The van der Waals surface area contributed by atoms with E-state index in [1.165, 1.54) is 41.4 Å². The molecule has 13 heteroatoms. The Bertz CT molecular complexity index is 1980. The third-order valence-electron chi connectivity index (χ3n) is 6.50. The van der Waals surface area contributed by atoms with Gasteiger partial charge in [0.15, 0.2) is 0 Å². The molecule has 0 bridgehead atoms. The molecular formula is C30H31FN8O3S. The third kappa shape index (κ3) is 6.22. The molecule has 0 aliphatic rings. The maximum Gasteiger partial charge on any atom is 0.269 e. The minimum atomic E-state index is -3.88. The zero-order valence-electron chi connectivity index (χ0n) is 24.0. The maximum absolute atomic E-state index is 14.8. The summed E-state index contributed by atoms with van der Waals surface area (Å²) >= 11 is 0. The van der Waals surface area contributed by atoms with Crippen LogP contribution in [0, 0.1) is 5.82 Å². The molecule has 43 heavy (non-hydrogen) atoms. The number of fused-ring (bicyclic) bond motifs is 1. The Morgan fingerprint density at radius 2 is 1.77 bits per heavy atom. The normalized spacial score (nSPS) is 12.8. The van der Waals surface area contributed by atoms with E-state index in [0.717, 1.165) is 0 Å². The quantitative estimate of drug-likeness (QED) is 0.231. The van der Waals surface area contributed by atoms with Crippen molar-refractivity contribution in [3.8, 4) is 16.8 Å². The second-order valence-electron chi connectivity index (χ2n) is 10.9. The molecule has 1 unspecified atom stereocenters. The molecule has 4 N–H and O–H groups in total. The lowest BCUT2D eigenvalue weighted by atomic mass is 10.1. The van der Waals surface area contributed by atoms with E-state index in [0.29, 0.717) is 29.1 Å². The van der Waals surface area contributed by atoms with Crippen molar-refractivity contribution in [1.29, 1.82) is 0 Å². The number of sulfonamides is 1. The van der Waals surface area contributed by atoms with Gasteiger partial charge in [0.25, 0.3) is 5.56 Å². The summed E-state index contributed by atoms with van der Waals surface area (Å²) in [4.78, 5) is 31.1. The molecule has 3 heterocycles. The molecule has 0 aliphatic carbocycles. The molecule has 0 saturated carbocycles. The zero-order valence-corrected chi connectivity index (χ0v) is 24.9. The number of rotatable bonds is 8. The molecule has 0 aliphatic heterocycles. The van der Waals surface area contributed by atoms with E-state index in [4.69, 9.17) is 10.7 Å². The van der Waals surface area contributed by atoms with Gasteiger partial charge in [0, 0.05) is 35.3 Å². The average molecular weight is 603 g/mol. The number of halogens is 1. The molecule has 11 nitrogen and oxygen atoms in total. The second kappa shape index (κ2) is 11.5. The van der Waals surface area contributed by atoms with Crippen LogP contribution in [0.15, 0.2) is 82.9 Å². The van der Waals surface area contributed by atoms with Crippen LogP contribution in [-0.2, 0) is 10.0 Å². The highest BCUT2D eigenvalue weighted by Crippen LogP contribution is 2.32. The van der Waals surface area contributed by atoms with Gasteiger partial charge in [0.1, 0.15) is 27.7 Å². The van der Waals surface area contributed by atoms with E-state index in [1.54, 1.807) is 51.1 Å². The number of hydrogen-bond acceptors (Lipinski definition) is 9. The maximum atomic E-state index is 14.8. The van der Waals surface area contributed by atoms with Gasteiger partial charge < -0.3 is 11.1 Å². The number of nitrogens with two attached hydrogens (primary N) is 1. The number of aromatic nitrogens is 5.